The van der Waals surface area contributed by atoms with Gasteiger partial charge in [-0.3, -0.25) is 10.1 Å². The van der Waals surface area contributed by atoms with Gasteiger partial charge in [-0.05, 0) is 6.42 Å². The Labute approximate surface area is 196 Å². The van der Waals surface area contributed by atoms with Gasteiger partial charge in [-0.1, -0.05) is 95.0 Å². The molecule has 186 valence electrons. The third kappa shape index (κ3) is 7.72. The third-order valence-electron chi connectivity index (χ3n) is 6.43. The zero-order chi connectivity index (χ0) is 23.5. The lowest BCUT2D eigenvalue weighted by Crippen LogP contribution is -2.64. The number of benzene rings is 1. The van der Waals surface area contributed by atoms with Gasteiger partial charge < -0.3 is 24.1 Å². The van der Waals surface area contributed by atoms with Crippen molar-refractivity contribution in [2.45, 2.75) is 108 Å². The molecule has 1 N–H and O–H groups in total. The number of aliphatic hydroxyl groups is 1. The van der Waals surface area contributed by atoms with E-state index in [0.717, 1.165) is 24.8 Å². The number of nitro groups is 1. The van der Waals surface area contributed by atoms with Gasteiger partial charge in [0.25, 0.3) is 6.04 Å². The van der Waals surface area contributed by atoms with E-state index in [0.29, 0.717) is 6.61 Å². The Morgan fingerprint density at radius 3 is 2.27 bits per heavy atom. The minimum absolute atomic E-state index is 0.170. The van der Waals surface area contributed by atoms with Crippen molar-refractivity contribution in [1.82, 2.24) is 0 Å². The molecule has 0 bridgehead atoms. The normalized spacial score (nSPS) is 29.5. The SMILES string of the molecule is CCCCCCCCCCCCO[C@@H]1O[C@@H]2COC(c3ccccc3)O[C@H]2[C@@H](O)[C@H]1[N+](=O)[O-]. The summed E-state index contributed by atoms with van der Waals surface area (Å²) in [6, 6.07) is 7.91. The topological polar surface area (TPSA) is 100 Å². The van der Waals surface area contributed by atoms with Crippen molar-refractivity contribution in [3.63, 3.8) is 0 Å². The summed E-state index contributed by atoms with van der Waals surface area (Å²) in [5.74, 6) is 0. The summed E-state index contributed by atoms with van der Waals surface area (Å²) < 4.78 is 23.2. The fourth-order valence-electron chi connectivity index (χ4n) is 4.51. The highest BCUT2D eigenvalue weighted by molar-refractivity contribution is 5.16. The predicted molar refractivity (Wildman–Crippen MR) is 123 cm³/mol. The molecule has 6 atom stereocenters. The van der Waals surface area contributed by atoms with E-state index >= 15 is 0 Å². The van der Waals surface area contributed by atoms with Crippen LogP contribution in [0, 0.1) is 10.1 Å². The van der Waals surface area contributed by atoms with Crippen LogP contribution >= 0.6 is 0 Å². The molecule has 0 spiro atoms. The summed E-state index contributed by atoms with van der Waals surface area (Å²) in [4.78, 5) is 11.2. The molecule has 0 amide bonds. The van der Waals surface area contributed by atoms with E-state index in [9.17, 15) is 15.2 Å². The lowest BCUT2D eigenvalue weighted by Gasteiger charge is -2.44. The molecule has 2 aliphatic rings. The number of rotatable bonds is 14. The standard InChI is InChI=1S/C25H39NO7/c1-2-3-4-5-6-7-8-9-10-14-17-30-25-21(26(28)29)22(27)23-20(32-25)18-31-24(33-23)19-15-12-11-13-16-19/h11-13,15-16,20-25,27H,2-10,14,17-18H2,1H3/t20-,21-,22+,23-,24?,25-/m1/s1. The van der Waals surface area contributed by atoms with Gasteiger partial charge >= 0.3 is 0 Å². The monoisotopic (exact) mass is 465 g/mol. The molecule has 33 heavy (non-hydrogen) atoms. The van der Waals surface area contributed by atoms with Crippen molar-refractivity contribution in [3.8, 4) is 0 Å². The van der Waals surface area contributed by atoms with E-state index in [-0.39, 0.29) is 6.61 Å². The van der Waals surface area contributed by atoms with E-state index in [1.165, 1.54) is 44.9 Å². The second kappa shape index (κ2) is 14.0. The van der Waals surface area contributed by atoms with Crippen molar-refractivity contribution in [2.75, 3.05) is 13.2 Å². The Morgan fingerprint density at radius 1 is 1.00 bits per heavy atom. The zero-order valence-electron chi connectivity index (χ0n) is 19.7. The Morgan fingerprint density at radius 2 is 1.64 bits per heavy atom. The molecule has 0 aromatic heterocycles. The lowest BCUT2D eigenvalue weighted by atomic mass is 9.96. The smallest absolute Gasteiger partial charge is 0.291 e. The molecule has 1 unspecified atom stereocenters. The molecule has 1 aromatic rings. The van der Waals surface area contributed by atoms with Crippen molar-refractivity contribution >= 4 is 0 Å². The molecule has 8 nitrogen and oxygen atoms in total. The Bertz CT molecular complexity index is 689. The molecular formula is C25H39NO7. The Kier molecular flexibility index (Phi) is 11.0. The van der Waals surface area contributed by atoms with E-state index in [4.69, 9.17) is 18.9 Å². The lowest BCUT2D eigenvalue weighted by molar-refractivity contribution is -0.578. The highest BCUT2D eigenvalue weighted by Gasteiger charge is 2.55. The number of unbranched alkanes of at least 4 members (excludes halogenated alkanes) is 9. The number of ether oxygens (including phenoxy) is 4. The highest BCUT2D eigenvalue weighted by atomic mass is 16.8. The predicted octanol–water partition coefficient (Wildman–Crippen LogP) is 4.77. The van der Waals surface area contributed by atoms with E-state index in [1.54, 1.807) is 0 Å². The maximum absolute atomic E-state index is 11.7. The van der Waals surface area contributed by atoms with Crippen LogP contribution in [0.2, 0.25) is 0 Å². The van der Waals surface area contributed by atoms with Gasteiger partial charge in [-0.15, -0.1) is 0 Å². The maximum atomic E-state index is 11.7. The van der Waals surface area contributed by atoms with Gasteiger partial charge in [-0.2, -0.15) is 0 Å². The van der Waals surface area contributed by atoms with Crippen LogP contribution in [0.5, 0.6) is 0 Å². The first kappa shape index (κ1) is 26.0. The molecule has 2 heterocycles. The first-order chi connectivity index (χ1) is 16.1. The molecule has 1 aromatic carbocycles. The van der Waals surface area contributed by atoms with Crippen molar-refractivity contribution in [1.29, 1.82) is 0 Å². The van der Waals surface area contributed by atoms with Crippen LogP contribution in [0.3, 0.4) is 0 Å². The third-order valence-corrected chi connectivity index (χ3v) is 6.43. The van der Waals surface area contributed by atoms with Crippen LogP contribution in [-0.4, -0.2) is 53.9 Å². The van der Waals surface area contributed by atoms with Crippen LogP contribution in [0.25, 0.3) is 0 Å². The van der Waals surface area contributed by atoms with Gasteiger partial charge in [0.05, 0.1) is 13.2 Å². The first-order valence-corrected chi connectivity index (χ1v) is 12.5. The number of hydrogen-bond donors (Lipinski definition) is 1. The first-order valence-electron chi connectivity index (χ1n) is 12.5. The van der Waals surface area contributed by atoms with Crippen molar-refractivity contribution in [3.05, 3.63) is 46.0 Å². The minimum atomic E-state index is -1.40. The summed E-state index contributed by atoms with van der Waals surface area (Å²) in [6.45, 7) is 2.76. The zero-order valence-corrected chi connectivity index (χ0v) is 19.7. The number of fused-ring (bicyclic) bond motifs is 1. The average Bonchev–Trinajstić information content (AvgIpc) is 2.82. The second-order valence-electron chi connectivity index (χ2n) is 9.04. The van der Waals surface area contributed by atoms with E-state index in [1.807, 2.05) is 30.3 Å². The van der Waals surface area contributed by atoms with E-state index in [2.05, 4.69) is 6.92 Å². The van der Waals surface area contributed by atoms with Gasteiger partial charge in [0.1, 0.15) is 12.2 Å². The summed E-state index contributed by atoms with van der Waals surface area (Å²) in [5, 5.41) is 22.5. The van der Waals surface area contributed by atoms with Crippen LogP contribution < -0.4 is 0 Å². The molecule has 2 aliphatic heterocycles. The average molecular weight is 466 g/mol. The number of nitrogens with zero attached hydrogens (tertiary/aromatic N) is 1. The Balaban J connectivity index is 1.40. The van der Waals surface area contributed by atoms with Crippen molar-refractivity contribution in [2.24, 2.45) is 0 Å². The summed E-state index contributed by atoms with van der Waals surface area (Å²) >= 11 is 0. The molecule has 0 radical (unpaired) electrons. The summed E-state index contributed by atoms with van der Waals surface area (Å²) in [7, 11) is 0. The molecule has 0 saturated carbocycles. The Hall–Kier alpha value is -1.58. The largest absolute Gasteiger partial charge is 0.383 e. The van der Waals surface area contributed by atoms with Crippen LogP contribution in [-0.2, 0) is 18.9 Å². The highest BCUT2D eigenvalue weighted by Crippen LogP contribution is 2.35. The fraction of sp³-hybridized carbons (Fsp3) is 0.760. The van der Waals surface area contributed by atoms with Crippen LogP contribution in [0.4, 0.5) is 0 Å². The summed E-state index contributed by atoms with van der Waals surface area (Å²) in [5.41, 5.74) is 0.792. The number of hydrogen-bond acceptors (Lipinski definition) is 7. The molecule has 2 saturated heterocycles. The van der Waals surface area contributed by atoms with Crippen LogP contribution in [0.1, 0.15) is 83.0 Å². The van der Waals surface area contributed by atoms with Crippen molar-refractivity contribution < 1.29 is 29.0 Å². The molecular weight excluding hydrogens is 426 g/mol. The summed E-state index contributed by atoms with van der Waals surface area (Å²) in [6.07, 6.45) is 7.38. The molecule has 8 heteroatoms. The molecule has 3 rings (SSSR count). The quantitative estimate of drug-likeness (QED) is 0.240. The van der Waals surface area contributed by atoms with Gasteiger partial charge in [-0.25, -0.2) is 0 Å². The minimum Gasteiger partial charge on any atom is -0.383 e. The van der Waals surface area contributed by atoms with Crippen LogP contribution in [0.15, 0.2) is 30.3 Å². The maximum Gasteiger partial charge on any atom is 0.291 e. The number of aliphatic hydroxyl groups excluding tert-OH is 1. The van der Waals surface area contributed by atoms with Gasteiger partial charge in [0, 0.05) is 10.5 Å². The van der Waals surface area contributed by atoms with Gasteiger partial charge in [0.15, 0.2) is 12.4 Å². The second-order valence-corrected chi connectivity index (χ2v) is 9.04. The molecule has 2 fully saturated rings. The van der Waals surface area contributed by atoms with Gasteiger partial charge in [0.2, 0.25) is 6.29 Å². The molecule has 0 aliphatic carbocycles. The fourth-order valence-corrected chi connectivity index (χ4v) is 4.51. The van der Waals surface area contributed by atoms with E-state index < -0.39 is 41.9 Å².